The van der Waals surface area contributed by atoms with Gasteiger partial charge >= 0.3 is 0 Å². The molecule has 1 amide bonds. The summed E-state index contributed by atoms with van der Waals surface area (Å²) in [6, 6.07) is 5.82. The zero-order valence-electron chi connectivity index (χ0n) is 14.4. The molecule has 0 saturated carbocycles. The predicted molar refractivity (Wildman–Crippen MR) is 93.3 cm³/mol. The van der Waals surface area contributed by atoms with Gasteiger partial charge in [-0.25, -0.2) is 0 Å². The Morgan fingerprint density at radius 2 is 2.25 bits per heavy atom. The first-order chi connectivity index (χ1) is 11.5. The van der Waals surface area contributed by atoms with Crippen molar-refractivity contribution in [2.45, 2.75) is 19.1 Å². The first-order valence-electron chi connectivity index (χ1n) is 8.07. The van der Waals surface area contributed by atoms with E-state index in [4.69, 9.17) is 9.47 Å². The smallest absolute Gasteiger partial charge is 0.224 e. The number of fused-ring (bicyclic) bond motifs is 1. The van der Waals surface area contributed by atoms with E-state index in [0.29, 0.717) is 32.7 Å². The van der Waals surface area contributed by atoms with Gasteiger partial charge in [-0.15, -0.1) is 6.58 Å². The summed E-state index contributed by atoms with van der Waals surface area (Å²) in [7, 11) is 3.43. The van der Waals surface area contributed by atoms with E-state index in [2.05, 4.69) is 6.58 Å². The van der Waals surface area contributed by atoms with Crippen LogP contribution in [0.3, 0.4) is 0 Å². The van der Waals surface area contributed by atoms with Gasteiger partial charge in [0.1, 0.15) is 5.75 Å². The molecule has 1 unspecified atom stereocenters. The van der Waals surface area contributed by atoms with Gasteiger partial charge in [0.2, 0.25) is 5.91 Å². The Morgan fingerprint density at radius 3 is 2.96 bits per heavy atom. The molecule has 1 aliphatic heterocycles. The lowest BCUT2D eigenvalue weighted by Gasteiger charge is -2.33. The number of aliphatic hydroxyl groups excluding tert-OH is 1. The average molecular weight is 334 g/mol. The molecule has 0 bridgehead atoms. The highest BCUT2D eigenvalue weighted by Crippen LogP contribution is 2.28. The molecule has 1 atom stereocenters. The lowest BCUT2D eigenvalue weighted by Crippen LogP contribution is -2.40. The third-order valence-electron chi connectivity index (χ3n) is 4.03. The Kier molecular flexibility index (Phi) is 6.63. The van der Waals surface area contributed by atoms with Gasteiger partial charge in [0.25, 0.3) is 0 Å². The highest BCUT2D eigenvalue weighted by atomic mass is 16.5. The van der Waals surface area contributed by atoms with Crippen LogP contribution in [-0.4, -0.2) is 62.5 Å². The Labute approximate surface area is 143 Å². The maximum absolute atomic E-state index is 12.1. The third-order valence-corrected chi connectivity index (χ3v) is 4.03. The van der Waals surface area contributed by atoms with Gasteiger partial charge < -0.3 is 24.4 Å². The molecule has 1 heterocycles. The Hall–Kier alpha value is -2.05. The Bertz CT molecular complexity index is 576. The number of anilines is 1. The molecule has 0 aliphatic carbocycles. The van der Waals surface area contributed by atoms with Gasteiger partial charge in [0.15, 0.2) is 0 Å². The van der Waals surface area contributed by atoms with Gasteiger partial charge in [0.05, 0.1) is 26.4 Å². The minimum Gasteiger partial charge on any atom is -0.497 e. The van der Waals surface area contributed by atoms with Crippen molar-refractivity contribution in [2.75, 3.05) is 45.4 Å². The standard InChI is InChI=1S/C18H26N2O4/c1-4-9-24-13-15(21)12-20-8-7-18(22)19(2)11-14-10-16(23-3)5-6-17(14)20/h4-6,10,15,21H,1,7-9,11-13H2,2-3H3. The SMILES string of the molecule is C=CCOCC(O)CN1CCC(=O)N(C)Cc2cc(OC)ccc21. The lowest BCUT2D eigenvalue weighted by molar-refractivity contribution is -0.130. The fourth-order valence-electron chi connectivity index (χ4n) is 2.79. The Balaban J connectivity index is 2.19. The van der Waals surface area contributed by atoms with E-state index >= 15 is 0 Å². The van der Waals surface area contributed by atoms with Crippen LogP contribution in [0.1, 0.15) is 12.0 Å². The van der Waals surface area contributed by atoms with E-state index in [0.717, 1.165) is 17.0 Å². The molecule has 1 aromatic carbocycles. The van der Waals surface area contributed by atoms with Crippen molar-refractivity contribution in [3.63, 3.8) is 0 Å². The molecule has 0 saturated heterocycles. The molecule has 1 N–H and O–H groups in total. The molecule has 6 nitrogen and oxygen atoms in total. The number of methoxy groups -OCH3 is 1. The summed E-state index contributed by atoms with van der Waals surface area (Å²) in [5.74, 6) is 0.843. The van der Waals surface area contributed by atoms with Crippen LogP contribution < -0.4 is 9.64 Å². The highest BCUT2D eigenvalue weighted by Gasteiger charge is 2.22. The maximum atomic E-state index is 12.1. The van der Waals surface area contributed by atoms with E-state index in [1.807, 2.05) is 23.1 Å². The van der Waals surface area contributed by atoms with E-state index in [1.165, 1.54) is 0 Å². The van der Waals surface area contributed by atoms with Crippen molar-refractivity contribution in [2.24, 2.45) is 0 Å². The number of β-amino-alcohol motifs (C(OH)–C–C–N with tert-alkyl or cyclic N) is 1. The second-order valence-electron chi connectivity index (χ2n) is 5.92. The van der Waals surface area contributed by atoms with Crippen molar-refractivity contribution in [1.29, 1.82) is 0 Å². The molecule has 1 aromatic rings. The van der Waals surface area contributed by atoms with Crippen LogP contribution in [0.2, 0.25) is 0 Å². The fourth-order valence-corrected chi connectivity index (χ4v) is 2.79. The Morgan fingerprint density at radius 1 is 1.46 bits per heavy atom. The van der Waals surface area contributed by atoms with E-state index < -0.39 is 6.10 Å². The number of carbonyl (C=O) groups is 1. The number of ether oxygens (including phenoxy) is 2. The van der Waals surface area contributed by atoms with Gasteiger partial charge in [-0.1, -0.05) is 6.08 Å². The molecule has 0 spiro atoms. The van der Waals surface area contributed by atoms with Gasteiger partial charge in [-0.05, 0) is 23.8 Å². The topological polar surface area (TPSA) is 62.2 Å². The largest absolute Gasteiger partial charge is 0.497 e. The lowest BCUT2D eigenvalue weighted by atomic mass is 10.1. The second kappa shape index (κ2) is 8.70. The average Bonchev–Trinajstić information content (AvgIpc) is 2.57. The van der Waals surface area contributed by atoms with Crippen LogP contribution in [-0.2, 0) is 16.1 Å². The first kappa shape index (κ1) is 18.3. The summed E-state index contributed by atoms with van der Waals surface area (Å²) < 4.78 is 10.6. The summed E-state index contributed by atoms with van der Waals surface area (Å²) in [6.45, 7) is 5.72. The normalized spacial score (nSPS) is 16.2. The van der Waals surface area contributed by atoms with E-state index in [-0.39, 0.29) is 12.5 Å². The van der Waals surface area contributed by atoms with Crippen molar-refractivity contribution in [3.05, 3.63) is 36.4 Å². The molecular weight excluding hydrogens is 308 g/mol. The molecule has 0 fully saturated rings. The zero-order chi connectivity index (χ0) is 17.5. The molecule has 0 aromatic heterocycles. The number of benzene rings is 1. The van der Waals surface area contributed by atoms with Crippen LogP contribution in [0.15, 0.2) is 30.9 Å². The second-order valence-corrected chi connectivity index (χ2v) is 5.92. The van der Waals surface area contributed by atoms with Gasteiger partial charge in [0, 0.05) is 38.8 Å². The first-order valence-corrected chi connectivity index (χ1v) is 8.07. The molecule has 6 heteroatoms. The summed E-state index contributed by atoms with van der Waals surface area (Å²) in [5.41, 5.74) is 2.02. The van der Waals surface area contributed by atoms with Crippen LogP contribution in [0.25, 0.3) is 0 Å². The molecule has 132 valence electrons. The number of hydrogen-bond donors (Lipinski definition) is 1. The quantitative estimate of drug-likeness (QED) is 0.604. The van der Waals surface area contributed by atoms with Crippen molar-refractivity contribution in [3.8, 4) is 5.75 Å². The fraction of sp³-hybridized carbons (Fsp3) is 0.500. The summed E-state index contributed by atoms with van der Waals surface area (Å²) in [6.07, 6.45) is 1.44. The van der Waals surface area contributed by atoms with Crippen LogP contribution in [0.4, 0.5) is 5.69 Å². The van der Waals surface area contributed by atoms with E-state index in [1.54, 1.807) is 25.1 Å². The summed E-state index contributed by atoms with van der Waals surface area (Å²) in [5, 5.41) is 10.2. The number of carbonyl (C=O) groups excluding carboxylic acids is 1. The molecule has 1 aliphatic rings. The predicted octanol–water partition coefficient (Wildman–Crippen LogP) is 1.43. The number of rotatable bonds is 7. The van der Waals surface area contributed by atoms with Crippen LogP contribution >= 0.6 is 0 Å². The van der Waals surface area contributed by atoms with E-state index in [9.17, 15) is 9.90 Å². The molecule has 2 rings (SSSR count). The van der Waals surface area contributed by atoms with Crippen LogP contribution in [0.5, 0.6) is 5.75 Å². The molecule has 24 heavy (non-hydrogen) atoms. The van der Waals surface area contributed by atoms with Crippen molar-refractivity contribution < 1.29 is 19.4 Å². The minimum atomic E-state index is -0.632. The maximum Gasteiger partial charge on any atom is 0.224 e. The van der Waals surface area contributed by atoms with Crippen LogP contribution in [0, 0.1) is 0 Å². The monoisotopic (exact) mass is 334 g/mol. The number of nitrogens with zero attached hydrogens (tertiary/aromatic N) is 2. The van der Waals surface area contributed by atoms with Gasteiger partial charge in [-0.2, -0.15) is 0 Å². The molecule has 0 radical (unpaired) electrons. The summed E-state index contributed by atoms with van der Waals surface area (Å²) in [4.78, 5) is 15.9. The zero-order valence-corrected chi connectivity index (χ0v) is 14.4. The third kappa shape index (κ3) is 4.72. The molecular formula is C18H26N2O4. The number of amides is 1. The summed E-state index contributed by atoms with van der Waals surface area (Å²) >= 11 is 0. The van der Waals surface area contributed by atoms with Crippen molar-refractivity contribution in [1.82, 2.24) is 4.90 Å². The minimum absolute atomic E-state index is 0.0888. The highest BCUT2D eigenvalue weighted by molar-refractivity contribution is 5.77. The number of hydrogen-bond acceptors (Lipinski definition) is 5. The van der Waals surface area contributed by atoms with Gasteiger partial charge in [-0.3, -0.25) is 4.79 Å². The van der Waals surface area contributed by atoms with Crippen molar-refractivity contribution >= 4 is 11.6 Å². The number of aliphatic hydroxyl groups is 1.